The van der Waals surface area contributed by atoms with Crippen molar-refractivity contribution in [3.63, 3.8) is 0 Å². The zero-order valence-corrected chi connectivity index (χ0v) is 13.6. The van der Waals surface area contributed by atoms with Crippen LogP contribution in [-0.4, -0.2) is 34.1 Å². The number of hydrogen-bond donors (Lipinski definition) is 2. The normalized spacial score (nSPS) is 11.1. The molecule has 0 aliphatic carbocycles. The third kappa shape index (κ3) is 3.95. The Bertz CT molecular complexity index is 784. The summed E-state index contributed by atoms with van der Waals surface area (Å²) in [6.07, 6.45) is 2.64. The molecule has 0 fully saturated rings. The van der Waals surface area contributed by atoms with Gasteiger partial charge in [0.05, 0.1) is 18.4 Å². The Kier molecular flexibility index (Phi) is 5.13. The maximum Gasteiger partial charge on any atom is 0.339 e. The molecular formula is C16H12BrNO5. The number of carboxylic acid groups (broad SMARTS) is 1. The number of methoxy groups -OCH3 is 1. The molecule has 1 aromatic carbocycles. The Hall–Kier alpha value is -2.67. The lowest BCUT2D eigenvalue weighted by atomic mass is 10.0. The maximum atomic E-state index is 12.4. The molecule has 0 aliphatic rings. The van der Waals surface area contributed by atoms with E-state index in [1.54, 1.807) is 12.1 Å². The van der Waals surface area contributed by atoms with Gasteiger partial charge < -0.3 is 14.9 Å². The van der Waals surface area contributed by atoms with Crippen LogP contribution < -0.4 is 4.74 Å². The zero-order chi connectivity index (χ0) is 17.0. The first-order valence-electron chi connectivity index (χ1n) is 6.40. The van der Waals surface area contributed by atoms with Crippen LogP contribution in [0, 0.1) is 0 Å². The van der Waals surface area contributed by atoms with Gasteiger partial charge in [-0.25, -0.2) is 4.79 Å². The fraction of sp³-hybridized carbons (Fsp3) is 0.0625. The van der Waals surface area contributed by atoms with Crippen molar-refractivity contribution in [1.29, 1.82) is 0 Å². The molecule has 0 amide bonds. The summed E-state index contributed by atoms with van der Waals surface area (Å²) in [6, 6.07) is 7.25. The van der Waals surface area contributed by atoms with E-state index in [0.29, 0.717) is 11.4 Å². The number of rotatable bonds is 5. The van der Waals surface area contributed by atoms with E-state index in [1.807, 2.05) is 0 Å². The zero-order valence-electron chi connectivity index (χ0n) is 12.0. The lowest BCUT2D eigenvalue weighted by molar-refractivity contribution is -0.132. The third-order valence-corrected chi connectivity index (χ3v) is 3.44. The lowest BCUT2D eigenvalue weighted by Gasteiger charge is -2.07. The third-order valence-electron chi connectivity index (χ3n) is 2.97. The van der Waals surface area contributed by atoms with Crippen molar-refractivity contribution in [1.82, 2.24) is 4.98 Å². The van der Waals surface area contributed by atoms with Crippen LogP contribution >= 0.6 is 15.9 Å². The fourth-order valence-electron chi connectivity index (χ4n) is 1.82. The van der Waals surface area contributed by atoms with Crippen molar-refractivity contribution >= 4 is 33.8 Å². The van der Waals surface area contributed by atoms with Crippen molar-refractivity contribution in [2.45, 2.75) is 0 Å². The average Bonchev–Trinajstić information content (AvgIpc) is 2.53. The molecular weight excluding hydrogens is 366 g/mol. The number of phenols is 1. The van der Waals surface area contributed by atoms with Gasteiger partial charge in [0, 0.05) is 16.7 Å². The molecule has 0 aliphatic heterocycles. The number of carbonyl (C=O) groups excluding carboxylic acids is 1. The number of halogens is 1. The Morgan fingerprint density at radius 1 is 1.26 bits per heavy atom. The van der Waals surface area contributed by atoms with Gasteiger partial charge in [-0.1, -0.05) is 0 Å². The van der Waals surface area contributed by atoms with Crippen LogP contribution in [0.15, 0.2) is 46.6 Å². The lowest BCUT2D eigenvalue weighted by Crippen LogP contribution is -2.13. The SMILES string of the molecule is COc1ccc(C(=O)C(=Cc2ccc(Br)cn2)C(=O)O)c(O)c1. The van der Waals surface area contributed by atoms with Crippen LogP contribution in [-0.2, 0) is 4.79 Å². The largest absolute Gasteiger partial charge is 0.507 e. The van der Waals surface area contributed by atoms with E-state index >= 15 is 0 Å². The molecule has 6 nitrogen and oxygen atoms in total. The maximum absolute atomic E-state index is 12.4. The van der Waals surface area contributed by atoms with Gasteiger partial charge in [-0.15, -0.1) is 0 Å². The first kappa shape index (κ1) is 16.7. The molecule has 0 saturated carbocycles. The summed E-state index contributed by atoms with van der Waals surface area (Å²) in [7, 11) is 1.41. The van der Waals surface area contributed by atoms with E-state index in [2.05, 4.69) is 20.9 Å². The highest BCUT2D eigenvalue weighted by Gasteiger charge is 2.22. The number of pyridine rings is 1. The number of phenolic OH excluding ortho intramolecular Hbond substituents is 1. The molecule has 0 atom stereocenters. The summed E-state index contributed by atoms with van der Waals surface area (Å²) < 4.78 is 5.66. The predicted molar refractivity (Wildman–Crippen MR) is 86.5 cm³/mol. The molecule has 0 spiro atoms. The van der Waals surface area contributed by atoms with Gasteiger partial charge in [0.25, 0.3) is 0 Å². The van der Waals surface area contributed by atoms with Crippen LogP contribution in [0.3, 0.4) is 0 Å². The standard InChI is InChI=1S/C16H12BrNO5/c1-23-11-4-5-12(14(19)7-11)15(20)13(16(21)22)6-10-3-2-9(17)8-18-10/h2-8,19H,1H3,(H,21,22). The Balaban J connectivity index is 2.43. The average molecular weight is 378 g/mol. The van der Waals surface area contributed by atoms with Gasteiger partial charge in [0.1, 0.15) is 17.1 Å². The van der Waals surface area contributed by atoms with E-state index < -0.39 is 17.3 Å². The fourth-order valence-corrected chi connectivity index (χ4v) is 2.05. The summed E-state index contributed by atoms with van der Waals surface area (Å²) in [4.78, 5) is 27.8. The van der Waals surface area contributed by atoms with E-state index in [4.69, 9.17) is 4.74 Å². The van der Waals surface area contributed by atoms with Crippen molar-refractivity contribution in [2.24, 2.45) is 0 Å². The predicted octanol–water partition coefficient (Wildman–Crippen LogP) is 2.91. The molecule has 23 heavy (non-hydrogen) atoms. The minimum absolute atomic E-state index is 0.128. The van der Waals surface area contributed by atoms with Crippen LogP contribution in [0.2, 0.25) is 0 Å². The Labute approximate surface area is 140 Å². The summed E-state index contributed by atoms with van der Waals surface area (Å²) in [5.41, 5.74) is -0.316. The van der Waals surface area contributed by atoms with Crippen LogP contribution in [0.5, 0.6) is 11.5 Å². The van der Waals surface area contributed by atoms with E-state index in [0.717, 1.165) is 10.5 Å². The number of Topliss-reactive ketones (excluding diaryl/α,β-unsaturated/α-hetero) is 1. The van der Waals surface area contributed by atoms with Crippen molar-refractivity contribution < 1.29 is 24.5 Å². The van der Waals surface area contributed by atoms with E-state index in [9.17, 15) is 19.8 Å². The minimum Gasteiger partial charge on any atom is -0.507 e. The number of carbonyl (C=O) groups is 2. The summed E-state index contributed by atoms with van der Waals surface area (Å²) in [6.45, 7) is 0. The Morgan fingerprint density at radius 2 is 2.00 bits per heavy atom. The number of nitrogens with zero attached hydrogens (tertiary/aromatic N) is 1. The molecule has 0 unspecified atom stereocenters. The second-order valence-electron chi connectivity index (χ2n) is 4.48. The highest BCUT2D eigenvalue weighted by Crippen LogP contribution is 2.26. The number of ether oxygens (including phenoxy) is 1. The van der Waals surface area contributed by atoms with Crippen molar-refractivity contribution in [3.05, 3.63) is 57.8 Å². The van der Waals surface area contributed by atoms with Crippen LogP contribution in [0.4, 0.5) is 0 Å². The molecule has 2 rings (SSSR count). The molecule has 2 N–H and O–H groups in total. The Morgan fingerprint density at radius 3 is 2.52 bits per heavy atom. The topological polar surface area (TPSA) is 96.7 Å². The molecule has 118 valence electrons. The molecule has 2 aromatic rings. The summed E-state index contributed by atoms with van der Waals surface area (Å²) >= 11 is 3.22. The van der Waals surface area contributed by atoms with Gasteiger partial charge in [0.2, 0.25) is 5.78 Å². The molecule has 0 radical (unpaired) electrons. The molecule has 7 heteroatoms. The van der Waals surface area contributed by atoms with Gasteiger partial charge in [-0.05, 0) is 46.3 Å². The van der Waals surface area contributed by atoms with Crippen molar-refractivity contribution in [3.8, 4) is 11.5 Å². The van der Waals surface area contributed by atoms with Crippen LogP contribution in [0.1, 0.15) is 16.1 Å². The molecule has 0 bridgehead atoms. The number of aromatic nitrogens is 1. The van der Waals surface area contributed by atoms with Crippen molar-refractivity contribution in [2.75, 3.05) is 7.11 Å². The quantitative estimate of drug-likeness (QED) is 0.360. The monoisotopic (exact) mass is 377 g/mol. The number of aliphatic carboxylic acids is 1. The minimum atomic E-state index is -1.41. The van der Waals surface area contributed by atoms with Crippen LogP contribution in [0.25, 0.3) is 6.08 Å². The second kappa shape index (κ2) is 7.06. The highest BCUT2D eigenvalue weighted by molar-refractivity contribution is 9.10. The van der Waals surface area contributed by atoms with E-state index in [-0.39, 0.29) is 11.3 Å². The number of carboxylic acids is 1. The molecule has 0 saturated heterocycles. The first-order chi connectivity index (χ1) is 10.9. The van der Waals surface area contributed by atoms with Gasteiger partial charge in [0.15, 0.2) is 0 Å². The van der Waals surface area contributed by atoms with Gasteiger partial charge >= 0.3 is 5.97 Å². The summed E-state index contributed by atoms with van der Waals surface area (Å²) in [5.74, 6) is -2.22. The second-order valence-corrected chi connectivity index (χ2v) is 5.39. The molecule has 1 heterocycles. The summed E-state index contributed by atoms with van der Waals surface area (Å²) in [5, 5.41) is 19.2. The highest BCUT2D eigenvalue weighted by atomic mass is 79.9. The smallest absolute Gasteiger partial charge is 0.339 e. The number of aromatic hydroxyl groups is 1. The van der Waals surface area contributed by atoms with E-state index in [1.165, 1.54) is 31.5 Å². The number of hydrogen-bond acceptors (Lipinski definition) is 5. The molecule has 1 aromatic heterocycles. The van der Waals surface area contributed by atoms with Gasteiger partial charge in [-0.3, -0.25) is 9.78 Å². The number of ketones is 1. The van der Waals surface area contributed by atoms with Gasteiger partial charge in [-0.2, -0.15) is 0 Å². The number of benzene rings is 1. The first-order valence-corrected chi connectivity index (χ1v) is 7.20.